The molecule has 2 N–H and O–H groups in total. The minimum absolute atomic E-state index is 0.0909. The Bertz CT molecular complexity index is 1230. The van der Waals surface area contributed by atoms with Gasteiger partial charge in [0.15, 0.2) is 0 Å². The molecular formula is C26H26F3NO5. The third kappa shape index (κ3) is 6.03. The van der Waals surface area contributed by atoms with Crippen molar-refractivity contribution in [1.29, 1.82) is 0 Å². The maximum absolute atomic E-state index is 13.2. The van der Waals surface area contributed by atoms with E-state index < -0.39 is 35.1 Å². The number of fused-ring (bicyclic) bond motifs is 1. The van der Waals surface area contributed by atoms with Crippen molar-refractivity contribution in [2.45, 2.75) is 39.6 Å². The molecule has 0 aliphatic heterocycles. The Balaban J connectivity index is 2.00. The Kier molecular flexibility index (Phi) is 7.28. The fraction of sp³-hybridized carbons (Fsp3) is 0.308. The Morgan fingerprint density at radius 2 is 1.63 bits per heavy atom. The molecule has 9 heteroatoms. The van der Waals surface area contributed by atoms with E-state index in [2.05, 4.69) is 5.32 Å². The summed E-state index contributed by atoms with van der Waals surface area (Å²) in [5, 5.41) is 13.4. The van der Waals surface area contributed by atoms with E-state index in [0.717, 1.165) is 17.5 Å². The van der Waals surface area contributed by atoms with Gasteiger partial charge in [-0.05, 0) is 46.7 Å². The molecule has 0 aliphatic carbocycles. The summed E-state index contributed by atoms with van der Waals surface area (Å²) in [4.78, 5) is 24.9. The lowest BCUT2D eigenvalue weighted by Crippen LogP contribution is -2.49. The van der Waals surface area contributed by atoms with Crippen molar-refractivity contribution in [1.82, 2.24) is 5.32 Å². The number of nitrogens with one attached hydrogen (secondary N) is 1. The molecule has 0 aliphatic rings. The maximum atomic E-state index is 13.2. The number of carboxylic acid groups (broad SMARTS) is 1. The number of carboxylic acids is 1. The lowest BCUT2D eigenvalue weighted by Gasteiger charge is -2.28. The molecule has 35 heavy (non-hydrogen) atoms. The number of ether oxygens (including phenoxy) is 2. The van der Waals surface area contributed by atoms with Gasteiger partial charge in [-0.3, -0.25) is 4.79 Å². The van der Waals surface area contributed by atoms with Crippen LogP contribution in [0, 0.1) is 5.41 Å². The highest BCUT2D eigenvalue weighted by molar-refractivity contribution is 6.05. The summed E-state index contributed by atoms with van der Waals surface area (Å²) in [6, 6.07) is 11.7. The first-order chi connectivity index (χ1) is 16.3. The summed E-state index contributed by atoms with van der Waals surface area (Å²) in [6.07, 6.45) is -4.45. The van der Waals surface area contributed by atoms with Crippen molar-refractivity contribution in [3.63, 3.8) is 0 Å². The summed E-state index contributed by atoms with van der Waals surface area (Å²) in [7, 11) is 1.49. The molecule has 1 atom stereocenters. The Hall–Kier alpha value is -3.75. The molecule has 0 unspecified atom stereocenters. The molecule has 3 aromatic rings. The van der Waals surface area contributed by atoms with Gasteiger partial charge in [0.1, 0.15) is 24.1 Å². The number of alkyl halides is 3. The summed E-state index contributed by atoms with van der Waals surface area (Å²) in [6.45, 7) is 4.97. The van der Waals surface area contributed by atoms with E-state index in [4.69, 9.17) is 9.47 Å². The molecule has 0 saturated heterocycles. The summed E-state index contributed by atoms with van der Waals surface area (Å²) < 4.78 is 49.9. The van der Waals surface area contributed by atoms with Crippen molar-refractivity contribution >= 4 is 22.6 Å². The smallest absolute Gasteiger partial charge is 0.416 e. The second-order valence-corrected chi connectivity index (χ2v) is 9.12. The Labute approximate surface area is 200 Å². The number of carbonyl (C=O) groups is 2. The molecule has 0 aromatic heterocycles. The molecule has 6 nitrogen and oxygen atoms in total. The molecular weight excluding hydrogens is 463 g/mol. The van der Waals surface area contributed by atoms with Crippen LogP contribution in [-0.4, -0.2) is 30.1 Å². The molecule has 0 bridgehead atoms. The van der Waals surface area contributed by atoms with Gasteiger partial charge in [0.25, 0.3) is 5.91 Å². The van der Waals surface area contributed by atoms with Crippen LogP contribution in [0.15, 0.2) is 54.6 Å². The predicted octanol–water partition coefficient (Wildman–Crippen LogP) is 5.68. The van der Waals surface area contributed by atoms with E-state index in [-0.39, 0.29) is 17.9 Å². The first-order valence-electron chi connectivity index (χ1n) is 10.7. The van der Waals surface area contributed by atoms with Crippen LogP contribution in [-0.2, 0) is 17.6 Å². The van der Waals surface area contributed by atoms with Gasteiger partial charge in [-0.1, -0.05) is 45.0 Å². The normalized spacial score (nSPS) is 12.8. The van der Waals surface area contributed by atoms with Gasteiger partial charge in [0.2, 0.25) is 0 Å². The van der Waals surface area contributed by atoms with Crippen LogP contribution in [0.25, 0.3) is 10.8 Å². The van der Waals surface area contributed by atoms with Crippen LogP contribution in [0.2, 0.25) is 0 Å². The number of hydrogen-bond donors (Lipinski definition) is 2. The second-order valence-electron chi connectivity index (χ2n) is 9.12. The molecule has 0 heterocycles. The molecule has 0 saturated carbocycles. The topological polar surface area (TPSA) is 84.9 Å². The van der Waals surface area contributed by atoms with E-state index in [1.54, 1.807) is 45.0 Å². The van der Waals surface area contributed by atoms with E-state index in [1.165, 1.54) is 25.3 Å². The van der Waals surface area contributed by atoms with Crippen LogP contribution in [0.1, 0.15) is 42.3 Å². The van der Waals surface area contributed by atoms with Gasteiger partial charge >= 0.3 is 12.1 Å². The third-order valence-electron chi connectivity index (χ3n) is 5.48. The van der Waals surface area contributed by atoms with E-state index in [1.807, 2.05) is 0 Å². The summed E-state index contributed by atoms with van der Waals surface area (Å²) in [5.74, 6) is -1.16. The SMILES string of the molecule is COc1ccc2ccc(C(=O)N[C@H](C(=O)O)C(C)(C)C)c(OCc3ccc(C(F)(F)F)cc3)c2c1. The van der Waals surface area contributed by atoms with Crippen LogP contribution in [0.3, 0.4) is 0 Å². The minimum Gasteiger partial charge on any atom is -0.497 e. The highest BCUT2D eigenvalue weighted by atomic mass is 19.4. The van der Waals surface area contributed by atoms with Crippen molar-refractivity contribution in [2.75, 3.05) is 7.11 Å². The zero-order valence-electron chi connectivity index (χ0n) is 19.7. The van der Waals surface area contributed by atoms with Gasteiger partial charge in [-0.25, -0.2) is 4.79 Å². The fourth-order valence-electron chi connectivity index (χ4n) is 3.54. The zero-order valence-corrected chi connectivity index (χ0v) is 19.7. The van der Waals surface area contributed by atoms with Gasteiger partial charge in [-0.15, -0.1) is 0 Å². The minimum atomic E-state index is -4.45. The average molecular weight is 489 g/mol. The number of rotatable bonds is 7. The summed E-state index contributed by atoms with van der Waals surface area (Å²) in [5.41, 5.74) is -0.989. The van der Waals surface area contributed by atoms with Crippen LogP contribution < -0.4 is 14.8 Å². The number of amides is 1. The number of methoxy groups -OCH3 is 1. The average Bonchev–Trinajstić information content (AvgIpc) is 2.79. The standard InChI is InChI=1S/C26H26F3NO5/c1-25(2,3)22(24(32)33)30-23(31)19-12-8-16-7-11-18(34-4)13-20(16)21(19)35-14-15-5-9-17(10-6-15)26(27,28)29/h5-13,22H,14H2,1-4H3,(H,30,31)(H,32,33)/t22-/m1/s1. The van der Waals surface area contributed by atoms with Gasteiger partial charge in [0, 0.05) is 5.39 Å². The second kappa shape index (κ2) is 9.85. The largest absolute Gasteiger partial charge is 0.497 e. The van der Waals surface area contributed by atoms with Crippen molar-refractivity contribution in [3.05, 3.63) is 71.3 Å². The van der Waals surface area contributed by atoms with Crippen molar-refractivity contribution in [2.24, 2.45) is 5.41 Å². The van der Waals surface area contributed by atoms with Crippen LogP contribution in [0.4, 0.5) is 13.2 Å². The van der Waals surface area contributed by atoms with E-state index in [0.29, 0.717) is 16.7 Å². The first-order valence-corrected chi connectivity index (χ1v) is 10.7. The summed E-state index contributed by atoms with van der Waals surface area (Å²) >= 11 is 0. The molecule has 0 fully saturated rings. The highest BCUT2D eigenvalue weighted by Gasteiger charge is 2.34. The van der Waals surface area contributed by atoms with Crippen LogP contribution in [0.5, 0.6) is 11.5 Å². The molecule has 3 aromatic carbocycles. The lowest BCUT2D eigenvalue weighted by molar-refractivity contribution is -0.142. The van der Waals surface area contributed by atoms with Gasteiger partial charge < -0.3 is 19.9 Å². The van der Waals surface area contributed by atoms with E-state index >= 15 is 0 Å². The molecule has 0 radical (unpaired) electrons. The molecule has 186 valence electrons. The van der Waals surface area contributed by atoms with Crippen molar-refractivity contribution < 1.29 is 37.3 Å². The number of hydrogen-bond acceptors (Lipinski definition) is 4. The van der Waals surface area contributed by atoms with Crippen LogP contribution >= 0.6 is 0 Å². The first kappa shape index (κ1) is 25.9. The molecule has 1 amide bonds. The number of carbonyl (C=O) groups excluding carboxylic acids is 1. The van der Waals surface area contributed by atoms with E-state index in [9.17, 15) is 27.9 Å². The Morgan fingerprint density at radius 1 is 1.00 bits per heavy atom. The lowest BCUT2D eigenvalue weighted by atomic mass is 9.86. The van der Waals surface area contributed by atoms with Gasteiger partial charge in [-0.2, -0.15) is 13.2 Å². The quantitative estimate of drug-likeness (QED) is 0.446. The molecule has 0 spiro atoms. The van der Waals surface area contributed by atoms with Gasteiger partial charge in [0.05, 0.1) is 18.2 Å². The third-order valence-corrected chi connectivity index (χ3v) is 5.48. The Morgan fingerprint density at radius 3 is 2.17 bits per heavy atom. The number of benzene rings is 3. The fourth-order valence-corrected chi connectivity index (χ4v) is 3.54. The number of aliphatic carboxylic acids is 1. The van der Waals surface area contributed by atoms with Crippen molar-refractivity contribution in [3.8, 4) is 11.5 Å². The monoisotopic (exact) mass is 489 g/mol. The highest BCUT2D eigenvalue weighted by Crippen LogP contribution is 2.34. The number of halogens is 3. The zero-order chi connectivity index (χ0) is 26.0. The molecule has 3 rings (SSSR count). The maximum Gasteiger partial charge on any atom is 0.416 e. The predicted molar refractivity (Wildman–Crippen MR) is 125 cm³/mol.